The lowest BCUT2D eigenvalue weighted by Gasteiger charge is -2.38. The predicted molar refractivity (Wildman–Crippen MR) is 69.2 cm³/mol. The summed E-state index contributed by atoms with van der Waals surface area (Å²) in [5, 5.41) is 9.99. The van der Waals surface area contributed by atoms with Gasteiger partial charge in [0.1, 0.15) is 11.9 Å². The summed E-state index contributed by atoms with van der Waals surface area (Å²) in [5.74, 6) is 0.859. The third-order valence-corrected chi connectivity index (χ3v) is 3.61. The second-order valence-corrected chi connectivity index (χ2v) is 5.94. The molecule has 0 radical (unpaired) electrons. The Morgan fingerprint density at radius 2 is 1.88 bits per heavy atom. The zero-order valence-corrected chi connectivity index (χ0v) is 10.9. The third-order valence-electron chi connectivity index (χ3n) is 3.61. The lowest BCUT2D eigenvalue weighted by atomic mass is 9.75. The molecule has 1 aromatic rings. The summed E-state index contributed by atoms with van der Waals surface area (Å²) in [6, 6.07) is 8.03. The Labute approximate surface area is 104 Å². The SMILES string of the molecule is Cc1ccc(OC2CC(C)(C)CCC2O)cc1. The predicted octanol–water partition coefficient (Wildman–Crippen LogP) is 3.31. The van der Waals surface area contributed by atoms with Crippen molar-refractivity contribution in [1.82, 2.24) is 0 Å². The summed E-state index contributed by atoms with van der Waals surface area (Å²) in [5.41, 5.74) is 1.50. The molecule has 2 unspecified atom stereocenters. The van der Waals surface area contributed by atoms with E-state index in [0.29, 0.717) is 0 Å². The van der Waals surface area contributed by atoms with Crippen LogP contribution in [0.25, 0.3) is 0 Å². The van der Waals surface area contributed by atoms with E-state index in [1.165, 1.54) is 5.56 Å². The topological polar surface area (TPSA) is 29.5 Å². The minimum atomic E-state index is -0.329. The van der Waals surface area contributed by atoms with E-state index < -0.39 is 0 Å². The molecule has 0 spiro atoms. The average molecular weight is 234 g/mol. The summed E-state index contributed by atoms with van der Waals surface area (Å²) in [6.07, 6.45) is 2.43. The van der Waals surface area contributed by atoms with Crippen molar-refractivity contribution in [3.63, 3.8) is 0 Å². The van der Waals surface area contributed by atoms with Crippen LogP contribution in [0.3, 0.4) is 0 Å². The van der Waals surface area contributed by atoms with Gasteiger partial charge in [0.2, 0.25) is 0 Å². The van der Waals surface area contributed by atoms with Crippen molar-refractivity contribution >= 4 is 0 Å². The molecular formula is C15H22O2. The molecule has 2 heteroatoms. The van der Waals surface area contributed by atoms with Crippen LogP contribution in [0.15, 0.2) is 24.3 Å². The van der Waals surface area contributed by atoms with Crippen LogP contribution in [0.1, 0.15) is 38.7 Å². The van der Waals surface area contributed by atoms with Gasteiger partial charge in [-0.2, -0.15) is 0 Å². The summed E-state index contributed by atoms with van der Waals surface area (Å²) < 4.78 is 5.91. The molecule has 17 heavy (non-hydrogen) atoms. The molecule has 0 aromatic heterocycles. The average Bonchev–Trinajstić information content (AvgIpc) is 2.26. The fraction of sp³-hybridized carbons (Fsp3) is 0.600. The first kappa shape index (κ1) is 12.4. The molecular weight excluding hydrogens is 212 g/mol. The van der Waals surface area contributed by atoms with Crippen LogP contribution in [0.4, 0.5) is 0 Å². The summed E-state index contributed by atoms with van der Waals surface area (Å²) in [7, 11) is 0. The van der Waals surface area contributed by atoms with Gasteiger partial charge in [-0.3, -0.25) is 0 Å². The largest absolute Gasteiger partial charge is 0.488 e. The van der Waals surface area contributed by atoms with Gasteiger partial charge in [-0.25, -0.2) is 0 Å². The van der Waals surface area contributed by atoms with Crippen molar-refractivity contribution in [1.29, 1.82) is 0 Å². The maximum absolute atomic E-state index is 9.99. The lowest BCUT2D eigenvalue weighted by Crippen LogP contribution is -2.41. The third kappa shape index (κ3) is 3.22. The van der Waals surface area contributed by atoms with Crippen molar-refractivity contribution < 1.29 is 9.84 Å². The highest BCUT2D eigenvalue weighted by molar-refractivity contribution is 5.26. The van der Waals surface area contributed by atoms with Crippen molar-refractivity contribution in [2.75, 3.05) is 0 Å². The second kappa shape index (κ2) is 4.69. The van der Waals surface area contributed by atoms with Crippen LogP contribution in [0, 0.1) is 12.3 Å². The minimum Gasteiger partial charge on any atom is -0.488 e. The Kier molecular flexibility index (Phi) is 3.43. The second-order valence-electron chi connectivity index (χ2n) is 5.94. The smallest absolute Gasteiger partial charge is 0.125 e. The number of ether oxygens (including phenoxy) is 1. The van der Waals surface area contributed by atoms with E-state index in [4.69, 9.17) is 4.74 Å². The van der Waals surface area contributed by atoms with Crippen molar-refractivity contribution in [2.45, 2.75) is 52.2 Å². The Morgan fingerprint density at radius 3 is 2.53 bits per heavy atom. The van der Waals surface area contributed by atoms with Gasteiger partial charge in [0.15, 0.2) is 0 Å². The Bertz CT molecular complexity index is 367. The number of rotatable bonds is 2. The standard InChI is InChI=1S/C15H22O2/c1-11-4-6-12(7-5-11)17-14-10-15(2,3)9-8-13(14)16/h4-7,13-14,16H,8-10H2,1-3H3. The maximum Gasteiger partial charge on any atom is 0.125 e. The molecule has 1 N–H and O–H groups in total. The van der Waals surface area contributed by atoms with E-state index in [0.717, 1.165) is 25.0 Å². The van der Waals surface area contributed by atoms with E-state index in [-0.39, 0.29) is 17.6 Å². The molecule has 1 aliphatic carbocycles. The molecule has 1 aliphatic rings. The first-order chi connectivity index (χ1) is 7.96. The highest BCUT2D eigenvalue weighted by atomic mass is 16.5. The van der Waals surface area contributed by atoms with E-state index in [2.05, 4.69) is 20.8 Å². The Balaban J connectivity index is 2.04. The lowest BCUT2D eigenvalue weighted by molar-refractivity contribution is -0.0304. The van der Waals surface area contributed by atoms with Crippen LogP contribution in [-0.2, 0) is 0 Å². The molecule has 2 atom stereocenters. The van der Waals surface area contributed by atoms with Gasteiger partial charge in [-0.05, 0) is 43.7 Å². The molecule has 2 rings (SSSR count). The quantitative estimate of drug-likeness (QED) is 0.850. The molecule has 2 nitrogen and oxygen atoms in total. The van der Waals surface area contributed by atoms with Crippen molar-refractivity contribution in [3.05, 3.63) is 29.8 Å². The molecule has 0 bridgehead atoms. The monoisotopic (exact) mass is 234 g/mol. The van der Waals surface area contributed by atoms with Gasteiger partial charge in [0.05, 0.1) is 6.10 Å². The molecule has 1 fully saturated rings. The zero-order chi connectivity index (χ0) is 12.5. The number of aliphatic hydroxyl groups excluding tert-OH is 1. The van der Waals surface area contributed by atoms with Crippen molar-refractivity contribution in [2.24, 2.45) is 5.41 Å². The Hall–Kier alpha value is -1.02. The van der Waals surface area contributed by atoms with E-state index >= 15 is 0 Å². The van der Waals surface area contributed by atoms with Gasteiger partial charge >= 0.3 is 0 Å². The summed E-state index contributed by atoms with van der Waals surface area (Å²) >= 11 is 0. The highest BCUT2D eigenvalue weighted by Crippen LogP contribution is 2.37. The molecule has 0 amide bonds. The molecule has 1 aromatic carbocycles. The van der Waals surface area contributed by atoms with Crippen LogP contribution in [0.2, 0.25) is 0 Å². The number of hydrogen-bond acceptors (Lipinski definition) is 2. The fourth-order valence-corrected chi connectivity index (χ4v) is 2.42. The minimum absolute atomic E-state index is 0.0681. The number of benzene rings is 1. The van der Waals surface area contributed by atoms with E-state index in [9.17, 15) is 5.11 Å². The molecule has 1 saturated carbocycles. The first-order valence-corrected chi connectivity index (χ1v) is 6.38. The molecule has 94 valence electrons. The van der Waals surface area contributed by atoms with Crippen LogP contribution in [0.5, 0.6) is 5.75 Å². The van der Waals surface area contributed by atoms with Gasteiger partial charge in [-0.1, -0.05) is 31.5 Å². The normalized spacial score (nSPS) is 27.8. The van der Waals surface area contributed by atoms with E-state index in [1.807, 2.05) is 24.3 Å². The summed E-state index contributed by atoms with van der Waals surface area (Å²) in [6.45, 7) is 6.54. The van der Waals surface area contributed by atoms with Gasteiger partial charge in [-0.15, -0.1) is 0 Å². The molecule has 0 heterocycles. The summed E-state index contributed by atoms with van der Waals surface area (Å²) in [4.78, 5) is 0. The van der Waals surface area contributed by atoms with Gasteiger partial charge in [0, 0.05) is 0 Å². The number of aryl methyl sites for hydroxylation is 1. The molecule has 0 aliphatic heterocycles. The highest BCUT2D eigenvalue weighted by Gasteiger charge is 2.35. The fourth-order valence-electron chi connectivity index (χ4n) is 2.42. The maximum atomic E-state index is 9.99. The van der Waals surface area contributed by atoms with Crippen molar-refractivity contribution in [3.8, 4) is 5.75 Å². The number of aliphatic hydroxyl groups is 1. The number of hydrogen-bond donors (Lipinski definition) is 1. The van der Waals surface area contributed by atoms with Crippen LogP contribution in [-0.4, -0.2) is 17.3 Å². The first-order valence-electron chi connectivity index (χ1n) is 6.38. The molecule has 0 saturated heterocycles. The van der Waals surface area contributed by atoms with Crippen LogP contribution >= 0.6 is 0 Å². The van der Waals surface area contributed by atoms with Crippen LogP contribution < -0.4 is 4.74 Å². The van der Waals surface area contributed by atoms with Gasteiger partial charge in [0.25, 0.3) is 0 Å². The van der Waals surface area contributed by atoms with Gasteiger partial charge < -0.3 is 9.84 Å². The Morgan fingerprint density at radius 1 is 1.24 bits per heavy atom. The zero-order valence-electron chi connectivity index (χ0n) is 10.9. The van der Waals surface area contributed by atoms with E-state index in [1.54, 1.807) is 0 Å².